The van der Waals surface area contributed by atoms with E-state index < -0.39 is 30.4 Å². The van der Waals surface area contributed by atoms with Crippen LogP contribution in [0.15, 0.2) is 19.2 Å². The van der Waals surface area contributed by atoms with Gasteiger partial charge in [-0.05, 0) is 43.6 Å². The Labute approximate surface area is 185 Å². The van der Waals surface area contributed by atoms with Crippen LogP contribution in [0.2, 0.25) is 6.32 Å². The number of alkyl halides is 3. The molecule has 0 aromatic carbocycles. The number of carbonyl (C=O) groups is 1. The summed E-state index contributed by atoms with van der Waals surface area (Å²) in [5.74, 6) is -1.36. The molecular formula is C21H29BF3N3O4. The number of unbranched alkanes of at least 4 members (excludes halogenated alkanes) is 1. The first-order valence-corrected chi connectivity index (χ1v) is 10.4. The summed E-state index contributed by atoms with van der Waals surface area (Å²) in [6.07, 6.45) is -0.332. The van der Waals surface area contributed by atoms with Crippen LogP contribution in [0, 0.1) is 5.92 Å². The molecule has 2 heterocycles. The van der Waals surface area contributed by atoms with Crippen molar-refractivity contribution < 1.29 is 33.1 Å². The largest absolute Gasteiger partial charge is 0.480 e. The highest BCUT2D eigenvalue weighted by Crippen LogP contribution is 2.38. The number of anilines is 1. The van der Waals surface area contributed by atoms with E-state index in [9.17, 15) is 23.1 Å². The Morgan fingerprint density at radius 3 is 2.34 bits per heavy atom. The third-order valence-electron chi connectivity index (χ3n) is 6.03. The number of carboxylic acids is 1. The molecule has 176 valence electrons. The number of nitrogens with zero attached hydrogens (tertiary/aromatic N) is 2. The van der Waals surface area contributed by atoms with Gasteiger partial charge >= 0.3 is 19.3 Å². The molecule has 0 bridgehead atoms. The number of aliphatic carboxylic acids is 1. The Kier molecular flexibility index (Phi) is 8.50. The van der Waals surface area contributed by atoms with E-state index >= 15 is 0 Å². The molecule has 0 spiro atoms. The van der Waals surface area contributed by atoms with Crippen LogP contribution in [-0.4, -0.2) is 51.9 Å². The minimum Gasteiger partial charge on any atom is -0.480 e. The normalized spacial score (nSPS) is 17.0. The molecule has 1 saturated heterocycles. The zero-order valence-electron chi connectivity index (χ0n) is 17.8. The van der Waals surface area contributed by atoms with Crippen LogP contribution in [-0.2, 0) is 11.0 Å². The topological polar surface area (TPSA) is 120 Å². The molecule has 1 aromatic rings. The van der Waals surface area contributed by atoms with Gasteiger partial charge in [-0.2, -0.15) is 13.2 Å². The molecular weight excluding hydrogens is 426 g/mol. The molecule has 2 rings (SSSR count). The maximum atomic E-state index is 13.6. The predicted molar refractivity (Wildman–Crippen MR) is 118 cm³/mol. The van der Waals surface area contributed by atoms with Gasteiger partial charge in [0.15, 0.2) is 0 Å². The quantitative estimate of drug-likeness (QED) is 0.316. The Balaban J connectivity index is 2.18. The van der Waals surface area contributed by atoms with Crippen LogP contribution in [0.25, 0.3) is 12.2 Å². The van der Waals surface area contributed by atoms with E-state index in [0.717, 1.165) is 12.1 Å². The van der Waals surface area contributed by atoms with Crippen molar-refractivity contribution in [3.8, 4) is 0 Å². The highest BCUT2D eigenvalue weighted by atomic mass is 19.4. The summed E-state index contributed by atoms with van der Waals surface area (Å²) in [7, 11) is -1.45. The highest BCUT2D eigenvalue weighted by molar-refractivity contribution is 6.40. The molecule has 1 aliphatic rings. The summed E-state index contributed by atoms with van der Waals surface area (Å²) < 4.78 is 40.7. The van der Waals surface area contributed by atoms with Gasteiger partial charge < -0.3 is 25.8 Å². The number of aromatic nitrogens is 1. The second kappa shape index (κ2) is 10.5. The molecule has 0 amide bonds. The number of hydrogen-bond acceptors (Lipinski definition) is 6. The summed E-state index contributed by atoms with van der Waals surface area (Å²) in [5.41, 5.74) is 3.86. The number of halogens is 3. The van der Waals surface area contributed by atoms with Crippen molar-refractivity contribution >= 4 is 31.1 Å². The fourth-order valence-corrected chi connectivity index (χ4v) is 4.18. The number of hydrogen-bond donors (Lipinski definition) is 4. The zero-order valence-corrected chi connectivity index (χ0v) is 17.8. The van der Waals surface area contributed by atoms with Crippen LogP contribution in [0.1, 0.15) is 48.9 Å². The molecule has 1 unspecified atom stereocenters. The van der Waals surface area contributed by atoms with Gasteiger partial charge in [0.1, 0.15) is 11.4 Å². The van der Waals surface area contributed by atoms with Crippen LogP contribution in [0.3, 0.4) is 0 Å². The molecule has 7 nitrogen and oxygen atoms in total. The van der Waals surface area contributed by atoms with Gasteiger partial charge in [-0.1, -0.05) is 32.1 Å². The van der Waals surface area contributed by atoms with E-state index in [-0.39, 0.29) is 35.7 Å². The summed E-state index contributed by atoms with van der Waals surface area (Å²) >= 11 is 0. The molecule has 11 heteroatoms. The number of piperidine rings is 1. The molecule has 1 atom stereocenters. The molecule has 0 aliphatic carbocycles. The minimum atomic E-state index is -4.59. The van der Waals surface area contributed by atoms with Crippen molar-refractivity contribution in [3.05, 3.63) is 36.0 Å². The first-order chi connectivity index (χ1) is 14.9. The lowest BCUT2D eigenvalue weighted by Gasteiger charge is -2.40. The van der Waals surface area contributed by atoms with Crippen LogP contribution in [0.5, 0.6) is 0 Å². The molecule has 5 N–H and O–H groups in total. The van der Waals surface area contributed by atoms with Gasteiger partial charge in [0.25, 0.3) is 0 Å². The van der Waals surface area contributed by atoms with Gasteiger partial charge in [0.05, 0.1) is 11.3 Å². The van der Waals surface area contributed by atoms with E-state index in [0.29, 0.717) is 38.8 Å². The first kappa shape index (κ1) is 25.9. The Hall–Kier alpha value is -2.37. The van der Waals surface area contributed by atoms with E-state index in [1.54, 1.807) is 4.90 Å². The minimum absolute atomic E-state index is 0.0803. The van der Waals surface area contributed by atoms with Crippen LogP contribution in [0.4, 0.5) is 19.0 Å². The van der Waals surface area contributed by atoms with Crippen molar-refractivity contribution in [3.63, 3.8) is 0 Å². The fourth-order valence-electron chi connectivity index (χ4n) is 4.18. The predicted octanol–water partition coefficient (Wildman–Crippen LogP) is 3.03. The highest BCUT2D eigenvalue weighted by Gasteiger charge is 2.43. The van der Waals surface area contributed by atoms with E-state index in [1.807, 2.05) is 0 Å². The second-order valence-electron chi connectivity index (χ2n) is 8.07. The standard InChI is InChI=1S/C21H29BF3N3O4/c1-3-15-16(21(23,24)25)13-18(27-17(15)4-2)28-11-7-14(8-12-28)20(26,19(29)30)9-5-6-10-22(31)32/h3-4,13-14,31-32H,1-2,5-12,26H2,(H,29,30). The Morgan fingerprint density at radius 1 is 1.25 bits per heavy atom. The summed E-state index contributed by atoms with van der Waals surface area (Å²) in [5, 5.41) is 27.6. The fraction of sp³-hybridized carbons (Fsp3) is 0.524. The molecule has 0 radical (unpaired) electrons. The lowest BCUT2D eigenvalue weighted by Crippen LogP contribution is -2.57. The van der Waals surface area contributed by atoms with Crippen molar-refractivity contribution in [2.75, 3.05) is 18.0 Å². The van der Waals surface area contributed by atoms with Crippen molar-refractivity contribution in [1.29, 1.82) is 0 Å². The second-order valence-corrected chi connectivity index (χ2v) is 8.07. The van der Waals surface area contributed by atoms with Crippen molar-refractivity contribution in [2.24, 2.45) is 11.7 Å². The molecule has 1 aromatic heterocycles. The third kappa shape index (κ3) is 5.90. The third-order valence-corrected chi connectivity index (χ3v) is 6.03. The molecule has 1 fully saturated rings. The van der Waals surface area contributed by atoms with Gasteiger partial charge in [-0.15, -0.1) is 0 Å². The van der Waals surface area contributed by atoms with Crippen LogP contribution >= 0.6 is 0 Å². The summed E-state index contributed by atoms with van der Waals surface area (Å²) in [6.45, 7) is 7.61. The Bertz CT molecular complexity index is 842. The number of rotatable bonds is 10. The smallest absolute Gasteiger partial charge is 0.451 e. The molecule has 1 aliphatic heterocycles. The number of carboxylic acid groups (broad SMARTS) is 1. The van der Waals surface area contributed by atoms with E-state index in [4.69, 9.17) is 15.8 Å². The first-order valence-electron chi connectivity index (χ1n) is 10.4. The average molecular weight is 455 g/mol. The average Bonchev–Trinajstić information content (AvgIpc) is 2.74. The van der Waals surface area contributed by atoms with Gasteiger partial charge in [-0.3, -0.25) is 4.79 Å². The van der Waals surface area contributed by atoms with Crippen LogP contribution < -0.4 is 10.6 Å². The van der Waals surface area contributed by atoms with Crippen molar-refractivity contribution in [1.82, 2.24) is 4.98 Å². The Morgan fingerprint density at radius 2 is 1.88 bits per heavy atom. The van der Waals surface area contributed by atoms with Gasteiger partial charge in [0, 0.05) is 18.7 Å². The SMILES string of the molecule is C=Cc1nc(N2CCC(C(N)(CCCCB(O)O)C(=O)O)CC2)cc(C(F)(F)F)c1C=C. The van der Waals surface area contributed by atoms with E-state index in [1.165, 1.54) is 6.08 Å². The lowest BCUT2D eigenvalue weighted by atomic mass is 9.74. The molecule has 0 saturated carbocycles. The maximum absolute atomic E-state index is 13.6. The van der Waals surface area contributed by atoms with E-state index in [2.05, 4.69) is 18.1 Å². The maximum Gasteiger partial charge on any atom is 0.451 e. The number of nitrogens with two attached hydrogens (primary N) is 1. The lowest BCUT2D eigenvalue weighted by molar-refractivity contribution is -0.146. The van der Waals surface area contributed by atoms with Gasteiger partial charge in [0.2, 0.25) is 0 Å². The zero-order chi connectivity index (χ0) is 24.1. The summed E-state index contributed by atoms with van der Waals surface area (Å²) in [6, 6.07) is 0.984. The summed E-state index contributed by atoms with van der Waals surface area (Å²) in [4.78, 5) is 17.9. The van der Waals surface area contributed by atoms with Gasteiger partial charge in [-0.25, -0.2) is 4.98 Å². The number of pyridine rings is 1. The van der Waals surface area contributed by atoms with Crippen molar-refractivity contribution in [2.45, 2.75) is 50.1 Å². The monoisotopic (exact) mass is 455 g/mol. The molecule has 32 heavy (non-hydrogen) atoms.